The number of fused-ring (bicyclic) bond motifs is 1. The Morgan fingerprint density at radius 1 is 1.13 bits per heavy atom. The highest BCUT2D eigenvalue weighted by atomic mass is 35.5. The van der Waals surface area contributed by atoms with E-state index in [9.17, 15) is 8.42 Å². The van der Waals surface area contributed by atoms with Crippen LogP contribution in [-0.4, -0.2) is 52.3 Å². The van der Waals surface area contributed by atoms with Gasteiger partial charge in [-0.3, -0.25) is 4.99 Å². The van der Waals surface area contributed by atoms with Crippen LogP contribution in [0.1, 0.15) is 19.4 Å². The molecule has 0 aliphatic carbocycles. The first-order chi connectivity index (χ1) is 14.7. The third-order valence-electron chi connectivity index (χ3n) is 5.91. The molecule has 1 saturated heterocycles. The molecule has 0 bridgehead atoms. The highest BCUT2D eigenvalue weighted by molar-refractivity contribution is 7.89. The molecule has 2 heterocycles. The van der Waals surface area contributed by atoms with Crippen LogP contribution in [0.15, 0.2) is 64.1 Å². The average molecular weight is 460 g/mol. The molecule has 1 fully saturated rings. The highest BCUT2D eigenvalue weighted by Gasteiger charge is 2.37. The van der Waals surface area contributed by atoms with E-state index in [4.69, 9.17) is 16.3 Å². The number of hydrogen-bond donors (Lipinski definition) is 0. The number of para-hydroxylation sites is 1. The van der Waals surface area contributed by atoms with Gasteiger partial charge in [-0.2, -0.15) is 4.31 Å². The van der Waals surface area contributed by atoms with Gasteiger partial charge in [-0.15, -0.1) is 0 Å². The van der Waals surface area contributed by atoms with Crippen molar-refractivity contribution in [1.82, 2.24) is 4.31 Å². The lowest BCUT2D eigenvalue weighted by molar-refractivity contribution is 0.0730. The van der Waals surface area contributed by atoms with Crippen LogP contribution >= 0.6 is 11.6 Å². The maximum atomic E-state index is 12.9. The fourth-order valence-electron chi connectivity index (χ4n) is 4.18. The number of anilines is 1. The Labute approximate surface area is 188 Å². The van der Waals surface area contributed by atoms with Crippen LogP contribution in [0.4, 0.5) is 11.4 Å². The Kier molecular flexibility index (Phi) is 5.96. The molecule has 0 aromatic heterocycles. The summed E-state index contributed by atoms with van der Waals surface area (Å²) in [6, 6.07) is 13.0. The fourth-order valence-corrected chi connectivity index (χ4v) is 5.77. The zero-order chi connectivity index (χ0) is 22.2. The minimum Gasteiger partial charge on any atom is -0.379 e. The second-order valence-corrected chi connectivity index (χ2v) is 10.5. The number of nitrogens with zero attached hydrogens (tertiary/aromatic N) is 3. The molecule has 0 atom stereocenters. The molecule has 0 radical (unpaired) electrons. The van der Waals surface area contributed by atoms with Crippen molar-refractivity contribution in [2.75, 3.05) is 38.3 Å². The molecule has 0 spiro atoms. The first-order valence-electron chi connectivity index (χ1n) is 10.2. The van der Waals surface area contributed by atoms with Crippen molar-refractivity contribution in [3.8, 4) is 0 Å². The van der Waals surface area contributed by atoms with Crippen molar-refractivity contribution < 1.29 is 13.2 Å². The van der Waals surface area contributed by atoms with Gasteiger partial charge in [0.1, 0.15) is 0 Å². The Bertz CT molecular complexity index is 1150. The number of likely N-dealkylation sites (N-methyl/N-ethyl adjacent to an activating group) is 1. The first kappa shape index (κ1) is 22.0. The lowest BCUT2D eigenvalue weighted by Crippen LogP contribution is -2.40. The van der Waals surface area contributed by atoms with Crippen LogP contribution in [0.25, 0.3) is 0 Å². The molecule has 0 N–H and O–H groups in total. The molecule has 0 saturated carbocycles. The van der Waals surface area contributed by atoms with Crippen LogP contribution in [0.2, 0.25) is 5.02 Å². The number of rotatable bonds is 4. The van der Waals surface area contributed by atoms with Crippen molar-refractivity contribution in [3.05, 3.63) is 64.8 Å². The van der Waals surface area contributed by atoms with Crippen molar-refractivity contribution in [3.63, 3.8) is 0 Å². The fraction of sp³-hybridized carbons (Fsp3) is 0.348. The van der Waals surface area contributed by atoms with E-state index in [0.29, 0.717) is 37.0 Å². The summed E-state index contributed by atoms with van der Waals surface area (Å²) < 4.78 is 32.6. The summed E-state index contributed by atoms with van der Waals surface area (Å²) in [5.41, 5.74) is 3.79. The molecule has 4 rings (SSSR count). The predicted molar refractivity (Wildman–Crippen MR) is 125 cm³/mol. The maximum Gasteiger partial charge on any atom is 0.243 e. The van der Waals surface area contributed by atoms with E-state index in [-0.39, 0.29) is 10.3 Å². The van der Waals surface area contributed by atoms with Gasteiger partial charge in [0.05, 0.1) is 28.8 Å². The average Bonchev–Trinajstić information content (AvgIpc) is 2.96. The van der Waals surface area contributed by atoms with Crippen LogP contribution < -0.4 is 4.90 Å². The predicted octanol–water partition coefficient (Wildman–Crippen LogP) is 4.37. The third kappa shape index (κ3) is 4.03. The van der Waals surface area contributed by atoms with Crippen molar-refractivity contribution in [2.24, 2.45) is 4.99 Å². The summed E-state index contributed by atoms with van der Waals surface area (Å²) >= 11 is 6.31. The number of ether oxygens (including phenoxy) is 1. The second kappa shape index (κ2) is 8.39. The second-order valence-electron chi connectivity index (χ2n) is 8.16. The molecule has 8 heteroatoms. The van der Waals surface area contributed by atoms with Crippen LogP contribution in [-0.2, 0) is 20.2 Å². The molecule has 164 valence electrons. The van der Waals surface area contributed by atoms with E-state index in [1.807, 2.05) is 25.3 Å². The quantitative estimate of drug-likeness (QED) is 0.637. The number of halogens is 1. The monoisotopic (exact) mass is 459 g/mol. The maximum absolute atomic E-state index is 12.9. The van der Waals surface area contributed by atoms with Gasteiger partial charge in [0.25, 0.3) is 0 Å². The van der Waals surface area contributed by atoms with E-state index in [1.54, 1.807) is 12.3 Å². The number of sulfonamides is 1. The molecule has 2 aromatic rings. The van der Waals surface area contributed by atoms with Gasteiger partial charge in [-0.25, -0.2) is 8.42 Å². The molecular formula is C23H26ClN3O3S. The first-order valence-corrected chi connectivity index (χ1v) is 12.0. The van der Waals surface area contributed by atoms with E-state index in [2.05, 4.69) is 35.9 Å². The number of hydrogen-bond acceptors (Lipinski definition) is 5. The van der Waals surface area contributed by atoms with Crippen molar-refractivity contribution in [2.45, 2.75) is 24.2 Å². The van der Waals surface area contributed by atoms with E-state index in [0.717, 1.165) is 5.70 Å². The molecule has 31 heavy (non-hydrogen) atoms. The van der Waals surface area contributed by atoms with Crippen molar-refractivity contribution >= 4 is 39.2 Å². The lowest BCUT2D eigenvalue weighted by atomic mass is 9.84. The molecule has 0 unspecified atom stereocenters. The van der Waals surface area contributed by atoms with Gasteiger partial charge in [-0.1, -0.05) is 43.6 Å². The van der Waals surface area contributed by atoms with E-state index < -0.39 is 10.0 Å². The Morgan fingerprint density at radius 2 is 1.84 bits per heavy atom. The molecule has 6 nitrogen and oxygen atoms in total. The van der Waals surface area contributed by atoms with Gasteiger partial charge >= 0.3 is 0 Å². The molecule has 2 aromatic carbocycles. The Hall–Kier alpha value is -2.19. The summed E-state index contributed by atoms with van der Waals surface area (Å²) in [5, 5.41) is 0.401. The SMILES string of the molecule is CN1/C(=C\C=Nc2cc(S(=O)(=O)N3CCOCC3)ccc2Cl)C(C)(C)c2ccccc21. The summed E-state index contributed by atoms with van der Waals surface area (Å²) in [5.74, 6) is 0. The molecule has 2 aliphatic heterocycles. The van der Waals surface area contributed by atoms with Gasteiger partial charge in [0.2, 0.25) is 10.0 Å². The third-order valence-corrected chi connectivity index (χ3v) is 8.13. The number of aliphatic imine (C=N–C) groups is 1. The highest BCUT2D eigenvalue weighted by Crippen LogP contribution is 2.46. The van der Waals surface area contributed by atoms with Gasteiger partial charge in [-0.05, 0) is 35.9 Å². The topological polar surface area (TPSA) is 62.2 Å². The smallest absolute Gasteiger partial charge is 0.243 e. The van der Waals surface area contributed by atoms with Gasteiger partial charge in [0, 0.05) is 43.2 Å². The Balaban J connectivity index is 1.62. The molecule has 0 amide bonds. The minimum atomic E-state index is -3.61. The summed E-state index contributed by atoms with van der Waals surface area (Å²) in [6.45, 7) is 5.85. The van der Waals surface area contributed by atoms with Crippen LogP contribution in [0.5, 0.6) is 0 Å². The minimum absolute atomic E-state index is 0.164. The zero-order valence-electron chi connectivity index (χ0n) is 17.9. The number of allylic oxidation sites excluding steroid dienone is 2. The normalized spacial score (nSPS) is 20.5. The van der Waals surface area contributed by atoms with Gasteiger partial charge in [0.15, 0.2) is 0 Å². The summed E-state index contributed by atoms with van der Waals surface area (Å²) in [7, 11) is -1.57. The van der Waals surface area contributed by atoms with Crippen LogP contribution in [0.3, 0.4) is 0 Å². The van der Waals surface area contributed by atoms with E-state index in [1.165, 1.54) is 27.7 Å². The number of morpholine rings is 1. The largest absolute Gasteiger partial charge is 0.379 e. The summed E-state index contributed by atoms with van der Waals surface area (Å²) in [4.78, 5) is 6.82. The lowest BCUT2D eigenvalue weighted by Gasteiger charge is -2.26. The Morgan fingerprint density at radius 3 is 2.55 bits per heavy atom. The molecular weight excluding hydrogens is 434 g/mol. The zero-order valence-corrected chi connectivity index (χ0v) is 19.4. The number of benzene rings is 2. The summed E-state index contributed by atoms with van der Waals surface area (Å²) in [6.07, 6.45) is 3.64. The van der Waals surface area contributed by atoms with Gasteiger partial charge < -0.3 is 9.64 Å². The standard InChI is InChI=1S/C23H26ClN3O3S/c1-23(2)18-6-4-5-7-21(18)26(3)22(23)10-11-25-20-16-17(8-9-19(20)24)31(28,29)27-12-14-30-15-13-27/h4-11,16H,12-15H2,1-3H3/b22-10-,25-11?. The van der Waals surface area contributed by atoms with Crippen LogP contribution in [0, 0.1) is 0 Å². The van der Waals surface area contributed by atoms with Crippen molar-refractivity contribution in [1.29, 1.82) is 0 Å². The molecule has 2 aliphatic rings. The van der Waals surface area contributed by atoms with E-state index >= 15 is 0 Å².